The molecule has 0 aromatic heterocycles. The van der Waals surface area contributed by atoms with Crippen LogP contribution >= 0.6 is 12.2 Å². The van der Waals surface area contributed by atoms with Crippen LogP contribution in [-0.4, -0.2) is 17.3 Å². The second-order valence-corrected chi connectivity index (χ2v) is 5.13. The molecular weight excluding hydrogens is 246 g/mol. The van der Waals surface area contributed by atoms with Gasteiger partial charge < -0.3 is 30.2 Å². The van der Waals surface area contributed by atoms with Gasteiger partial charge in [-0.3, -0.25) is 0 Å². The number of piperidine rings is 1. The maximum Gasteiger partial charge on any atom is 0.0755 e. The molecule has 0 aliphatic carbocycles. The van der Waals surface area contributed by atoms with Gasteiger partial charge in [-0.05, 0) is 24.8 Å². The minimum atomic E-state index is 0.494. The number of hydrogen-bond donors (Lipinski definition) is 1. The molecular formula is C14H19NS2. The van der Waals surface area contributed by atoms with E-state index in [9.17, 15) is 0 Å². The molecule has 2 N–H and O–H groups in total. The second kappa shape index (κ2) is 9.28. The summed E-state index contributed by atoms with van der Waals surface area (Å²) in [4.78, 5) is 0. The zero-order valence-electron chi connectivity index (χ0n) is 9.97. The quantitative estimate of drug-likeness (QED) is 0.502. The molecule has 1 saturated heterocycles. The first-order valence-corrected chi connectivity index (χ1v) is 6.86. The summed E-state index contributed by atoms with van der Waals surface area (Å²) in [6.45, 7) is 2.75. The molecule has 1 fully saturated rings. The van der Waals surface area contributed by atoms with Gasteiger partial charge in [0, 0.05) is 0 Å². The van der Waals surface area contributed by atoms with Gasteiger partial charge in [0.2, 0.25) is 0 Å². The van der Waals surface area contributed by atoms with Crippen LogP contribution in [0.4, 0.5) is 0 Å². The van der Waals surface area contributed by atoms with Gasteiger partial charge in [0.25, 0.3) is 0 Å². The monoisotopic (exact) mass is 265 g/mol. The van der Waals surface area contributed by atoms with E-state index in [-0.39, 0.29) is 0 Å². The third-order valence-electron chi connectivity index (χ3n) is 2.53. The lowest BCUT2D eigenvalue weighted by Crippen LogP contribution is -2.85. The molecule has 0 atom stereocenters. The van der Waals surface area contributed by atoms with Crippen LogP contribution in [0.15, 0.2) is 36.4 Å². The van der Waals surface area contributed by atoms with Crippen molar-refractivity contribution in [2.75, 3.05) is 13.1 Å². The van der Waals surface area contributed by atoms with Crippen molar-refractivity contribution in [2.24, 2.45) is 0 Å². The van der Waals surface area contributed by atoms with E-state index in [2.05, 4.69) is 5.32 Å². The van der Waals surface area contributed by atoms with Crippen LogP contribution in [0, 0.1) is 0 Å². The van der Waals surface area contributed by atoms with Gasteiger partial charge in [-0.15, -0.1) is 4.20 Å². The first kappa shape index (κ1) is 14.3. The fourth-order valence-electron chi connectivity index (χ4n) is 1.63. The minimum Gasteiger partial charge on any atom is -0.429 e. The molecule has 1 nitrogen and oxygen atoms in total. The van der Waals surface area contributed by atoms with Crippen molar-refractivity contribution in [2.45, 2.75) is 19.3 Å². The summed E-state index contributed by atoms with van der Waals surface area (Å²) in [5.41, 5.74) is 1.12. The van der Waals surface area contributed by atoms with Gasteiger partial charge in [0.05, 0.1) is 13.1 Å². The molecule has 0 amide bonds. The lowest BCUT2D eigenvalue weighted by Gasteiger charge is -2.05. The standard InChI is InChI=1S/C9H8S2.C5H11N/c10-9(11)7-6-8-4-2-1-3-5-8;1-2-4-6-5-3-1/h1-7H,(H,10,11);6H,1-5H2/b7-6+;. The van der Waals surface area contributed by atoms with Crippen LogP contribution in [0.5, 0.6) is 0 Å². The second-order valence-electron chi connectivity index (χ2n) is 3.99. The van der Waals surface area contributed by atoms with Gasteiger partial charge in [-0.1, -0.05) is 42.5 Å². The predicted octanol–water partition coefficient (Wildman–Crippen LogP) is 2.31. The Balaban J connectivity index is 0.000000202. The topological polar surface area (TPSA) is 16.6 Å². The van der Waals surface area contributed by atoms with E-state index >= 15 is 0 Å². The van der Waals surface area contributed by atoms with Crippen molar-refractivity contribution in [3.8, 4) is 0 Å². The number of quaternary nitrogens is 1. The highest BCUT2D eigenvalue weighted by atomic mass is 32.1. The summed E-state index contributed by atoms with van der Waals surface area (Å²) in [6, 6.07) is 9.94. The molecule has 1 aromatic carbocycles. The summed E-state index contributed by atoms with van der Waals surface area (Å²) >= 11 is 9.45. The molecule has 0 spiro atoms. The van der Waals surface area contributed by atoms with E-state index in [1.807, 2.05) is 36.4 Å². The van der Waals surface area contributed by atoms with Crippen LogP contribution in [0.25, 0.3) is 6.08 Å². The Bertz CT molecular complexity index is 331. The van der Waals surface area contributed by atoms with E-state index in [4.69, 9.17) is 24.8 Å². The van der Waals surface area contributed by atoms with E-state index in [1.165, 1.54) is 32.4 Å². The molecule has 2 rings (SSSR count). The van der Waals surface area contributed by atoms with Gasteiger partial charge in [-0.2, -0.15) is 0 Å². The molecule has 92 valence electrons. The average molecular weight is 265 g/mol. The van der Waals surface area contributed by atoms with E-state index < -0.39 is 0 Å². The fourth-order valence-corrected chi connectivity index (χ4v) is 1.76. The largest absolute Gasteiger partial charge is 0.429 e. The zero-order chi connectivity index (χ0) is 12.3. The Morgan fingerprint density at radius 1 is 1.12 bits per heavy atom. The van der Waals surface area contributed by atoms with Crippen LogP contribution in [-0.2, 0) is 12.6 Å². The summed E-state index contributed by atoms with van der Waals surface area (Å²) < 4.78 is 0.494. The molecule has 1 aliphatic heterocycles. The number of hydrogen-bond acceptors (Lipinski definition) is 2. The molecule has 17 heavy (non-hydrogen) atoms. The molecule has 1 aromatic rings. The summed E-state index contributed by atoms with van der Waals surface area (Å²) in [7, 11) is 0. The van der Waals surface area contributed by atoms with Crippen molar-refractivity contribution in [1.82, 2.24) is 0 Å². The highest BCUT2D eigenvalue weighted by molar-refractivity contribution is 8.01. The van der Waals surface area contributed by atoms with Crippen LogP contribution in [0.2, 0.25) is 0 Å². The van der Waals surface area contributed by atoms with Crippen LogP contribution in [0.3, 0.4) is 0 Å². The smallest absolute Gasteiger partial charge is 0.0755 e. The molecule has 0 radical (unpaired) electrons. The lowest BCUT2D eigenvalue weighted by molar-refractivity contribution is -0.662. The summed E-state index contributed by atoms with van der Waals surface area (Å²) in [6.07, 6.45) is 8.02. The molecule has 0 saturated carbocycles. The predicted molar refractivity (Wildman–Crippen MR) is 80.9 cm³/mol. The first-order valence-electron chi connectivity index (χ1n) is 6.05. The van der Waals surface area contributed by atoms with Crippen molar-refractivity contribution in [3.05, 3.63) is 42.0 Å². The molecule has 1 heterocycles. The van der Waals surface area contributed by atoms with E-state index in [1.54, 1.807) is 6.08 Å². The number of benzene rings is 1. The van der Waals surface area contributed by atoms with Crippen molar-refractivity contribution in [3.63, 3.8) is 0 Å². The number of nitrogens with two attached hydrogens (primary N) is 1. The van der Waals surface area contributed by atoms with Crippen molar-refractivity contribution in [1.29, 1.82) is 0 Å². The maximum absolute atomic E-state index is 4.72. The summed E-state index contributed by atoms with van der Waals surface area (Å²) in [5, 5.41) is 2.39. The number of rotatable bonds is 2. The van der Waals surface area contributed by atoms with E-state index in [0.717, 1.165) is 5.56 Å². The Labute approximate surface area is 115 Å². The molecule has 1 aliphatic rings. The van der Waals surface area contributed by atoms with E-state index in [0.29, 0.717) is 4.20 Å². The number of thiocarbonyl (C=S) groups is 1. The molecule has 0 unspecified atom stereocenters. The fraction of sp³-hybridized carbons (Fsp3) is 0.357. The highest BCUT2D eigenvalue weighted by Crippen LogP contribution is 2.00. The summed E-state index contributed by atoms with van der Waals surface area (Å²) in [5.74, 6) is 0. The van der Waals surface area contributed by atoms with Crippen molar-refractivity contribution < 1.29 is 5.32 Å². The zero-order valence-corrected chi connectivity index (χ0v) is 11.6. The van der Waals surface area contributed by atoms with Gasteiger partial charge >= 0.3 is 0 Å². The lowest BCUT2D eigenvalue weighted by atomic mass is 10.2. The molecule has 0 bridgehead atoms. The Hall–Kier alpha value is -0.770. The molecule has 3 heteroatoms. The Kier molecular flexibility index (Phi) is 7.80. The SMILES string of the molecule is C1CC[NH2+]CC1.S=C([S-])/C=C/c1ccccc1. The Morgan fingerprint density at radius 2 is 1.76 bits per heavy atom. The highest BCUT2D eigenvalue weighted by Gasteiger charge is 1.97. The third kappa shape index (κ3) is 8.02. The maximum atomic E-state index is 4.72. The van der Waals surface area contributed by atoms with Gasteiger partial charge in [-0.25, -0.2) is 0 Å². The van der Waals surface area contributed by atoms with Gasteiger partial charge in [0.15, 0.2) is 0 Å². The minimum absolute atomic E-state index is 0.494. The van der Waals surface area contributed by atoms with Crippen LogP contribution in [0.1, 0.15) is 24.8 Å². The first-order chi connectivity index (χ1) is 8.29. The average Bonchev–Trinajstić information content (AvgIpc) is 2.40. The third-order valence-corrected chi connectivity index (χ3v) is 2.80. The van der Waals surface area contributed by atoms with Crippen LogP contribution < -0.4 is 5.32 Å². The normalized spacial score (nSPS) is 15.1. The Morgan fingerprint density at radius 3 is 2.18 bits per heavy atom. The van der Waals surface area contributed by atoms with Gasteiger partial charge in [0.1, 0.15) is 0 Å². The van der Waals surface area contributed by atoms with Crippen molar-refractivity contribution >= 4 is 35.1 Å².